The van der Waals surface area contributed by atoms with Gasteiger partial charge in [-0.05, 0) is 26.8 Å². The zero-order valence-corrected chi connectivity index (χ0v) is 11.5. The van der Waals surface area contributed by atoms with Crippen molar-refractivity contribution in [2.75, 3.05) is 18.0 Å². The van der Waals surface area contributed by atoms with E-state index in [9.17, 15) is 8.78 Å². The van der Waals surface area contributed by atoms with Gasteiger partial charge in [0.05, 0.1) is 10.7 Å². The minimum Gasteiger partial charge on any atom is -0.362 e. The molecule has 1 aliphatic rings. The van der Waals surface area contributed by atoms with Crippen molar-refractivity contribution in [2.24, 2.45) is 0 Å². The number of anilines is 1. The molecule has 0 amide bonds. The Bertz CT molecular complexity index is 439. The zero-order valence-electron chi connectivity index (χ0n) is 10.7. The molecule has 0 aliphatic carbocycles. The normalized spacial score (nSPS) is 23.2. The minimum absolute atomic E-state index is 0.107. The quantitative estimate of drug-likeness (QED) is 0.846. The van der Waals surface area contributed by atoms with Crippen LogP contribution in [0.25, 0.3) is 0 Å². The molecule has 0 aromatic heterocycles. The molecule has 2 rings (SSSR count). The Morgan fingerprint density at radius 2 is 2.06 bits per heavy atom. The second-order valence-corrected chi connectivity index (χ2v) is 5.87. The van der Waals surface area contributed by atoms with Crippen LogP contribution in [0, 0.1) is 11.6 Å². The fourth-order valence-corrected chi connectivity index (χ4v) is 2.58. The first-order valence-electron chi connectivity index (χ1n) is 5.96. The lowest BCUT2D eigenvalue weighted by Gasteiger charge is -2.45. The maximum absolute atomic E-state index is 13.9. The van der Waals surface area contributed by atoms with Gasteiger partial charge in [-0.3, -0.25) is 0 Å². The van der Waals surface area contributed by atoms with E-state index >= 15 is 0 Å². The van der Waals surface area contributed by atoms with E-state index in [1.165, 1.54) is 0 Å². The van der Waals surface area contributed by atoms with Gasteiger partial charge in [0.15, 0.2) is 5.82 Å². The summed E-state index contributed by atoms with van der Waals surface area (Å²) in [7, 11) is 0. The summed E-state index contributed by atoms with van der Waals surface area (Å²) in [6.07, 6.45) is 0. The lowest BCUT2D eigenvalue weighted by molar-refractivity contribution is 0.316. The molecule has 0 saturated carbocycles. The van der Waals surface area contributed by atoms with Crippen LogP contribution in [-0.4, -0.2) is 24.7 Å². The molecule has 2 nitrogen and oxygen atoms in total. The first-order valence-corrected chi connectivity index (χ1v) is 6.34. The first kappa shape index (κ1) is 13.6. The van der Waals surface area contributed by atoms with Crippen molar-refractivity contribution in [2.45, 2.75) is 32.4 Å². The van der Waals surface area contributed by atoms with E-state index in [2.05, 4.69) is 5.32 Å². The van der Waals surface area contributed by atoms with Crippen molar-refractivity contribution in [3.8, 4) is 0 Å². The summed E-state index contributed by atoms with van der Waals surface area (Å²) in [6, 6.07) is 2.14. The fraction of sp³-hybridized carbons (Fsp3) is 0.538. The second kappa shape index (κ2) is 4.67. The second-order valence-electron chi connectivity index (χ2n) is 5.46. The monoisotopic (exact) mass is 274 g/mol. The van der Waals surface area contributed by atoms with Gasteiger partial charge in [-0.2, -0.15) is 0 Å². The number of nitrogens with zero attached hydrogens (tertiary/aromatic N) is 1. The summed E-state index contributed by atoms with van der Waals surface area (Å²) < 4.78 is 27.0. The van der Waals surface area contributed by atoms with Gasteiger partial charge in [-0.1, -0.05) is 11.6 Å². The van der Waals surface area contributed by atoms with E-state index in [1.54, 1.807) is 0 Å². The topological polar surface area (TPSA) is 15.3 Å². The predicted molar refractivity (Wildman–Crippen MR) is 70.3 cm³/mol. The number of nitrogens with one attached hydrogen (secondary N) is 1. The van der Waals surface area contributed by atoms with Crippen LogP contribution in [0.4, 0.5) is 14.5 Å². The van der Waals surface area contributed by atoms with Crippen molar-refractivity contribution in [3.63, 3.8) is 0 Å². The molecule has 0 bridgehead atoms. The van der Waals surface area contributed by atoms with E-state index < -0.39 is 11.6 Å². The third-order valence-corrected chi connectivity index (χ3v) is 3.53. The highest BCUT2D eigenvalue weighted by atomic mass is 35.5. The van der Waals surface area contributed by atoms with Crippen LogP contribution in [0.3, 0.4) is 0 Å². The lowest BCUT2D eigenvalue weighted by Crippen LogP contribution is -2.61. The first-order chi connectivity index (χ1) is 8.30. The van der Waals surface area contributed by atoms with Gasteiger partial charge < -0.3 is 10.2 Å². The van der Waals surface area contributed by atoms with E-state index in [1.807, 2.05) is 25.7 Å². The summed E-state index contributed by atoms with van der Waals surface area (Å²) in [5.41, 5.74) is 0.163. The maximum Gasteiger partial charge on any atom is 0.150 e. The van der Waals surface area contributed by atoms with Crippen LogP contribution in [-0.2, 0) is 0 Å². The minimum atomic E-state index is -0.650. The molecule has 0 radical (unpaired) electrons. The van der Waals surface area contributed by atoms with Gasteiger partial charge >= 0.3 is 0 Å². The molecule has 0 spiro atoms. The highest BCUT2D eigenvalue weighted by molar-refractivity contribution is 6.33. The van der Waals surface area contributed by atoms with Crippen LogP contribution in [0.15, 0.2) is 12.1 Å². The van der Waals surface area contributed by atoms with Gasteiger partial charge in [0.2, 0.25) is 0 Å². The Morgan fingerprint density at radius 1 is 1.39 bits per heavy atom. The SMILES string of the molecule is CC1CNC(C)(C)CN1c1c(F)cc(F)cc1Cl. The zero-order chi connectivity index (χ0) is 13.5. The summed E-state index contributed by atoms with van der Waals surface area (Å²) in [5, 5.41) is 3.50. The van der Waals surface area contributed by atoms with Crippen LogP contribution in [0.5, 0.6) is 0 Å². The van der Waals surface area contributed by atoms with Crippen LogP contribution in [0.2, 0.25) is 5.02 Å². The highest BCUT2D eigenvalue weighted by Gasteiger charge is 2.32. The number of hydrogen-bond donors (Lipinski definition) is 1. The van der Waals surface area contributed by atoms with E-state index in [-0.39, 0.29) is 16.6 Å². The van der Waals surface area contributed by atoms with Gasteiger partial charge in [-0.15, -0.1) is 0 Å². The largest absolute Gasteiger partial charge is 0.362 e. The molecule has 1 aromatic rings. The maximum atomic E-state index is 13.9. The van der Waals surface area contributed by atoms with Gasteiger partial charge in [-0.25, -0.2) is 8.78 Å². The van der Waals surface area contributed by atoms with Gasteiger partial charge in [0, 0.05) is 30.7 Å². The van der Waals surface area contributed by atoms with E-state index in [4.69, 9.17) is 11.6 Å². The average molecular weight is 275 g/mol. The number of benzene rings is 1. The van der Waals surface area contributed by atoms with Crippen molar-refractivity contribution in [3.05, 3.63) is 28.8 Å². The third-order valence-electron chi connectivity index (χ3n) is 3.24. The molecule has 18 heavy (non-hydrogen) atoms. The fourth-order valence-electron chi connectivity index (χ4n) is 2.28. The third kappa shape index (κ3) is 2.59. The molecule has 1 atom stereocenters. The number of piperazine rings is 1. The summed E-state index contributed by atoms with van der Waals surface area (Å²) >= 11 is 5.98. The standard InChI is InChI=1S/C13H17ClF2N2/c1-8-6-17-13(2,3)7-18(8)12-10(14)4-9(15)5-11(12)16/h4-5,8,17H,6-7H2,1-3H3. The van der Waals surface area contributed by atoms with E-state index in [0.29, 0.717) is 12.2 Å². The number of halogens is 3. The summed E-state index contributed by atoms with van der Waals surface area (Å²) in [4.78, 5) is 1.90. The number of rotatable bonds is 1. The molecule has 1 aromatic carbocycles. The molecule has 1 N–H and O–H groups in total. The van der Waals surface area contributed by atoms with Gasteiger partial charge in [0.1, 0.15) is 5.82 Å². The van der Waals surface area contributed by atoms with Crippen molar-refractivity contribution in [1.82, 2.24) is 5.32 Å². The average Bonchev–Trinajstić information content (AvgIpc) is 2.21. The molecule has 1 saturated heterocycles. The van der Waals surface area contributed by atoms with Crippen molar-refractivity contribution in [1.29, 1.82) is 0 Å². The van der Waals surface area contributed by atoms with Crippen molar-refractivity contribution < 1.29 is 8.78 Å². The Morgan fingerprint density at radius 3 is 2.67 bits per heavy atom. The molecule has 1 heterocycles. The van der Waals surface area contributed by atoms with Crippen LogP contribution < -0.4 is 10.2 Å². The summed E-state index contributed by atoms with van der Waals surface area (Å²) in [6.45, 7) is 7.43. The molecule has 5 heteroatoms. The smallest absolute Gasteiger partial charge is 0.150 e. The van der Waals surface area contributed by atoms with Crippen molar-refractivity contribution >= 4 is 17.3 Å². The molecule has 100 valence electrons. The highest BCUT2D eigenvalue weighted by Crippen LogP contribution is 2.33. The Labute approximate surface area is 111 Å². The Kier molecular flexibility index (Phi) is 3.52. The molecule has 1 aliphatic heterocycles. The Hall–Kier alpha value is -0.870. The van der Waals surface area contributed by atoms with Crippen LogP contribution in [0.1, 0.15) is 20.8 Å². The number of hydrogen-bond acceptors (Lipinski definition) is 2. The van der Waals surface area contributed by atoms with Gasteiger partial charge in [0.25, 0.3) is 0 Å². The molecule has 1 fully saturated rings. The summed E-state index contributed by atoms with van der Waals surface area (Å²) in [5.74, 6) is -1.26. The molecular formula is C13H17ClF2N2. The lowest BCUT2D eigenvalue weighted by atomic mass is 9.98. The Balaban J connectivity index is 2.41. The van der Waals surface area contributed by atoms with E-state index in [0.717, 1.165) is 18.7 Å². The molecule has 1 unspecified atom stereocenters. The molecular weight excluding hydrogens is 258 g/mol. The van der Waals surface area contributed by atoms with Crippen LogP contribution >= 0.6 is 11.6 Å². The predicted octanol–water partition coefficient (Wildman–Crippen LogP) is 3.19.